The highest BCUT2D eigenvalue weighted by Crippen LogP contribution is 2.29. The number of aldehydes is 1. The zero-order valence-corrected chi connectivity index (χ0v) is 7.56. The molecule has 0 spiro atoms. The third-order valence-corrected chi connectivity index (χ3v) is 2.16. The van der Waals surface area contributed by atoms with Crippen molar-refractivity contribution in [3.05, 3.63) is 23.8 Å². The Morgan fingerprint density at radius 1 is 1.64 bits per heavy atom. The van der Waals surface area contributed by atoms with Crippen LogP contribution < -0.4 is 10.1 Å². The van der Waals surface area contributed by atoms with E-state index in [4.69, 9.17) is 9.84 Å². The largest absolute Gasteiger partial charge is 0.484 e. The second-order valence-electron chi connectivity index (χ2n) is 3.18. The molecule has 0 saturated carbocycles. The van der Waals surface area contributed by atoms with Crippen molar-refractivity contribution in [2.24, 2.45) is 0 Å². The lowest BCUT2D eigenvalue weighted by molar-refractivity contribution is 0.112. The van der Waals surface area contributed by atoms with E-state index in [1.807, 2.05) is 0 Å². The number of aliphatic hydroxyl groups is 1. The summed E-state index contributed by atoms with van der Waals surface area (Å²) in [5, 5.41) is 12.0. The van der Waals surface area contributed by atoms with Crippen LogP contribution in [0.1, 0.15) is 10.4 Å². The summed E-state index contributed by atoms with van der Waals surface area (Å²) in [5.74, 6) is 0.681. The summed E-state index contributed by atoms with van der Waals surface area (Å²) in [6.07, 6.45) is 0.588. The summed E-state index contributed by atoms with van der Waals surface area (Å²) in [6.45, 7) is 0.549. The third kappa shape index (κ3) is 1.56. The van der Waals surface area contributed by atoms with E-state index in [0.717, 1.165) is 12.0 Å². The van der Waals surface area contributed by atoms with Gasteiger partial charge in [0.15, 0.2) is 0 Å². The Morgan fingerprint density at radius 3 is 3.21 bits per heavy atom. The maximum atomic E-state index is 10.5. The summed E-state index contributed by atoms with van der Waals surface area (Å²) in [5.41, 5.74) is 1.42. The Balaban J connectivity index is 2.27. The summed E-state index contributed by atoms with van der Waals surface area (Å²) in [6, 6.07) is 5.15. The predicted octanol–water partition coefficient (Wildman–Crippen LogP) is 0.664. The van der Waals surface area contributed by atoms with Crippen LogP contribution >= 0.6 is 0 Å². The Morgan fingerprint density at radius 2 is 2.50 bits per heavy atom. The van der Waals surface area contributed by atoms with Gasteiger partial charge in [-0.05, 0) is 18.2 Å². The van der Waals surface area contributed by atoms with Gasteiger partial charge >= 0.3 is 0 Å². The SMILES string of the molecule is O=Cc1ccc2c(c1)NCC(CO)O2. The van der Waals surface area contributed by atoms with Crippen LogP contribution in [0.3, 0.4) is 0 Å². The van der Waals surface area contributed by atoms with Gasteiger partial charge in [-0.3, -0.25) is 4.79 Å². The molecule has 1 unspecified atom stereocenters. The first kappa shape index (κ1) is 9.02. The molecule has 1 aliphatic rings. The quantitative estimate of drug-likeness (QED) is 0.677. The van der Waals surface area contributed by atoms with Crippen molar-refractivity contribution in [2.75, 3.05) is 18.5 Å². The molecule has 14 heavy (non-hydrogen) atoms. The fourth-order valence-corrected chi connectivity index (χ4v) is 1.41. The predicted molar refractivity (Wildman–Crippen MR) is 51.8 cm³/mol. The average Bonchev–Trinajstić information content (AvgIpc) is 2.27. The number of fused-ring (bicyclic) bond motifs is 1. The van der Waals surface area contributed by atoms with Crippen LogP contribution in [0.2, 0.25) is 0 Å². The van der Waals surface area contributed by atoms with Gasteiger partial charge in [0.25, 0.3) is 0 Å². The Hall–Kier alpha value is -1.55. The number of aliphatic hydroxyl groups excluding tert-OH is 1. The molecule has 1 aliphatic heterocycles. The molecule has 74 valence electrons. The highest BCUT2D eigenvalue weighted by atomic mass is 16.5. The van der Waals surface area contributed by atoms with Crippen LogP contribution in [0.4, 0.5) is 5.69 Å². The zero-order chi connectivity index (χ0) is 9.97. The normalized spacial score (nSPS) is 19.1. The fourth-order valence-electron chi connectivity index (χ4n) is 1.41. The molecule has 0 aliphatic carbocycles. The lowest BCUT2D eigenvalue weighted by atomic mass is 10.1. The van der Waals surface area contributed by atoms with E-state index in [2.05, 4.69) is 5.32 Å². The minimum Gasteiger partial charge on any atom is -0.484 e. The molecule has 0 radical (unpaired) electrons. The topological polar surface area (TPSA) is 58.6 Å². The molecule has 0 aromatic heterocycles. The van der Waals surface area contributed by atoms with Gasteiger partial charge < -0.3 is 15.2 Å². The maximum absolute atomic E-state index is 10.5. The van der Waals surface area contributed by atoms with Crippen LogP contribution in [-0.4, -0.2) is 30.6 Å². The lowest BCUT2D eigenvalue weighted by Gasteiger charge is -2.26. The van der Waals surface area contributed by atoms with E-state index < -0.39 is 0 Å². The van der Waals surface area contributed by atoms with E-state index >= 15 is 0 Å². The molecule has 1 heterocycles. The Kier molecular flexibility index (Phi) is 2.37. The first-order chi connectivity index (χ1) is 6.83. The summed E-state index contributed by atoms with van der Waals surface area (Å²) >= 11 is 0. The molecule has 4 heteroatoms. The third-order valence-electron chi connectivity index (χ3n) is 2.16. The van der Waals surface area contributed by atoms with Gasteiger partial charge in [-0.15, -0.1) is 0 Å². The Bertz CT molecular complexity index is 351. The zero-order valence-electron chi connectivity index (χ0n) is 7.56. The molecular weight excluding hydrogens is 182 g/mol. The number of carbonyl (C=O) groups is 1. The average molecular weight is 193 g/mol. The van der Waals surface area contributed by atoms with Gasteiger partial charge in [-0.2, -0.15) is 0 Å². The van der Waals surface area contributed by atoms with Crippen molar-refractivity contribution in [3.8, 4) is 5.75 Å². The summed E-state index contributed by atoms with van der Waals surface area (Å²) in [4.78, 5) is 10.5. The number of ether oxygens (including phenoxy) is 1. The van der Waals surface area contributed by atoms with Crippen molar-refractivity contribution in [3.63, 3.8) is 0 Å². The number of benzene rings is 1. The van der Waals surface area contributed by atoms with Crippen molar-refractivity contribution < 1.29 is 14.6 Å². The highest BCUT2D eigenvalue weighted by molar-refractivity contribution is 5.79. The Labute approximate surface area is 81.5 Å². The number of rotatable bonds is 2. The molecule has 2 N–H and O–H groups in total. The monoisotopic (exact) mass is 193 g/mol. The van der Waals surface area contributed by atoms with Crippen LogP contribution in [0.25, 0.3) is 0 Å². The van der Waals surface area contributed by atoms with Crippen molar-refractivity contribution in [2.45, 2.75) is 6.10 Å². The van der Waals surface area contributed by atoms with Crippen LogP contribution in [0.5, 0.6) is 5.75 Å². The molecule has 0 bridgehead atoms. The molecule has 0 fully saturated rings. The van der Waals surface area contributed by atoms with Gasteiger partial charge in [0, 0.05) is 5.56 Å². The molecule has 1 aromatic rings. The van der Waals surface area contributed by atoms with E-state index in [9.17, 15) is 4.79 Å². The molecular formula is C10H11NO3. The number of carbonyl (C=O) groups excluding carboxylic acids is 1. The van der Waals surface area contributed by atoms with Crippen LogP contribution in [-0.2, 0) is 0 Å². The second-order valence-corrected chi connectivity index (χ2v) is 3.18. The number of nitrogens with one attached hydrogen (secondary N) is 1. The standard InChI is InChI=1S/C10H11NO3/c12-5-7-1-2-10-9(3-7)11-4-8(6-13)14-10/h1-3,5,8,11,13H,4,6H2. The molecule has 2 rings (SSSR count). The summed E-state index contributed by atoms with van der Waals surface area (Å²) < 4.78 is 5.45. The van der Waals surface area contributed by atoms with Gasteiger partial charge in [-0.25, -0.2) is 0 Å². The molecule has 0 saturated heterocycles. The molecule has 4 nitrogen and oxygen atoms in total. The lowest BCUT2D eigenvalue weighted by Crippen LogP contribution is -2.33. The molecule has 0 amide bonds. The first-order valence-corrected chi connectivity index (χ1v) is 4.44. The fraction of sp³-hybridized carbons (Fsp3) is 0.300. The van der Waals surface area contributed by atoms with Gasteiger partial charge in [-0.1, -0.05) is 0 Å². The van der Waals surface area contributed by atoms with Gasteiger partial charge in [0.05, 0.1) is 18.8 Å². The minimum absolute atomic E-state index is 0.0120. The maximum Gasteiger partial charge on any atom is 0.150 e. The number of hydrogen-bond donors (Lipinski definition) is 2. The van der Waals surface area contributed by atoms with E-state index in [-0.39, 0.29) is 12.7 Å². The van der Waals surface area contributed by atoms with E-state index in [0.29, 0.717) is 17.9 Å². The second kappa shape index (κ2) is 3.67. The van der Waals surface area contributed by atoms with E-state index in [1.165, 1.54) is 0 Å². The molecule has 1 atom stereocenters. The number of anilines is 1. The van der Waals surface area contributed by atoms with Crippen molar-refractivity contribution in [1.29, 1.82) is 0 Å². The van der Waals surface area contributed by atoms with Gasteiger partial charge in [0.2, 0.25) is 0 Å². The van der Waals surface area contributed by atoms with Crippen LogP contribution in [0.15, 0.2) is 18.2 Å². The van der Waals surface area contributed by atoms with E-state index in [1.54, 1.807) is 18.2 Å². The summed E-state index contributed by atoms with van der Waals surface area (Å²) in [7, 11) is 0. The molecule has 1 aromatic carbocycles. The highest BCUT2D eigenvalue weighted by Gasteiger charge is 2.18. The van der Waals surface area contributed by atoms with Crippen molar-refractivity contribution >= 4 is 12.0 Å². The first-order valence-electron chi connectivity index (χ1n) is 4.44. The smallest absolute Gasteiger partial charge is 0.150 e. The van der Waals surface area contributed by atoms with Gasteiger partial charge in [0.1, 0.15) is 18.1 Å². The van der Waals surface area contributed by atoms with Crippen molar-refractivity contribution in [1.82, 2.24) is 0 Å². The number of hydrogen-bond acceptors (Lipinski definition) is 4. The van der Waals surface area contributed by atoms with Crippen LogP contribution in [0, 0.1) is 0 Å². The minimum atomic E-state index is -0.204.